The van der Waals surface area contributed by atoms with Crippen LogP contribution in [0.2, 0.25) is 5.02 Å². The molecular weight excluding hydrogens is 396 g/mol. The first-order valence-corrected chi connectivity index (χ1v) is 11.5. The van der Waals surface area contributed by atoms with Crippen molar-refractivity contribution in [2.75, 3.05) is 10.6 Å². The van der Waals surface area contributed by atoms with Gasteiger partial charge in [-0.15, -0.1) is 0 Å². The minimum atomic E-state index is -3.67. The van der Waals surface area contributed by atoms with Crippen LogP contribution in [0.1, 0.15) is 44.4 Å². The molecule has 1 N–H and O–H groups in total. The molecule has 2 rings (SSSR count). The normalized spacial score (nSPS) is 13.6. The van der Waals surface area contributed by atoms with Gasteiger partial charge >= 0.3 is 0 Å². The fourth-order valence-electron chi connectivity index (χ4n) is 3.08. The Morgan fingerprint density at radius 3 is 2.11 bits per heavy atom. The number of amides is 1. The molecule has 0 aliphatic rings. The van der Waals surface area contributed by atoms with E-state index in [1.807, 2.05) is 31.2 Å². The summed E-state index contributed by atoms with van der Waals surface area (Å²) in [5.41, 5.74) is 2.60. The second kappa shape index (κ2) is 9.43. The number of hydrogen-bond acceptors (Lipinski definition) is 3. The van der Waals surface area contributed by atoms with E-state index in [0.29, 0.717) is 17.1 Å². The van der Waals surface area contributed by atoms with Crippen molar-refractivity contribution in [3.8, 4) is 0 Å². The van der Waals surface area contributed by atoms with Gasteiger partial charge in [-0.2, -0.15) is 0 Å². The summed E-state index contributed by atoms with van der Waals surface area (Å²) in [7, 11) is -3.67. The first kappa shape index (κ1) is 22.2. The Kier molecular flexibility index (Phi) is 7.49. The lowest BCUT2D eigenvalue weighted by Gasteiger charge is -2.31. The average Bonchev–Trinajstić information content (AvgIpc) is 2.66. The Balaban J connectivity index is 2.26. The Labute approximate surface area is 172 Å². The second-order valence-corrected chi connectivity index (χ2v) is 9.08. The van der Waals surface area contributed by atoms with Gasteiger partial charge in [0.2, 0.25) is 15.9 Å². The third-order valence-electron chi connectivity index (χ3n) is 4.66. The first-order valence-electron chi connectivity index (χ1n) is 9.31. The molecule has 7 heteroatoms. The molecule has 0 saturated heterocycles. The predicted octanol–water partition coefficient (Wildman–Crippen LogP) is 4.32. The van der Waals surface area contributed by atoms with Gasteiger partial charge in [0.15, 0.2) is 0 Å². The summed E-state index contributed by atoms with van der Waals surface area (Å²) in [6.07, 6.45) is 2.39. The fourth-order valence-corrected chi connectivity index (χ4v) is 4.42. The molecule has 28 heavy (non-hydrogen) atoms. The zero-order valence-corrected chi connectivity index (χ0v) is 18.2. The molecule has 0 aliphatic carbocycles. The third-order valence-corrected chi connectivity index (χ3v) is 6.09. The summed E-state index contributed by atoms with van der Waals surface area (Å²) in [5.74, 6) is -0.338. The monoisotopic (exact) mass is 422 g/mol. The Morgan fingerprint density at radius 1 is 1.07 bits per heavy atom. The summed E-state index contributed by atoms with van der Waals surface area (Å²) >= 11 is 5.92. The molecule has 152 valence electrons. The molecule has 2 aromatic rings. The van der Waals surface area contributed by atoms with Gasteiger partial charge < -0.3 is 5.32 Å². The highest BCUT2D eigenvalue weighted by Gasteiger charge is 2.32. The first-order chi connectivity index (χ1) is 13.2. The molecule has 2 unspecified atom stereocenters. The quantitative estimate of drug-likeness (QED) is 0.688. The van der Waals surface area contributed by atoms with E-state index in [0.717, 1.165) is 22.5 Å². The van der Waals surface area contributed by atoms with E-state index >= 15 is 0 Å². The Hall–Kier alpha value is -2.05. The molecule has 0 spiro atoms. The maximum absolute atomic E-state index is 13.0. The predicted molar refractivity (Wildman–Crippen MR) is 115 cm³/mol. The highest BCUT2D eigenvalue weighted by atomic mass is 35.5. The van der Waals surface area contributed by atoms with Crippen LogP contribution in [0, 0.1) is 0 Å². The minimum Gasteiger partial charge on any atom is -0.348 e. The molecule has 0 heterocycles. The van der Waals surface area contributed by atoms with E-state index in [2.05, 4.69) is 12.2 Å². The molecule has 2 aromatic carbocycles. The van der Waals surface area contributed by atoms with Crippen LogP contribution in [0.4, 0.5) is 5.69 Å². The van der Waals surface area contributed by atoms with Crippen molar-refractivity contribution >= 4 is 33.2 Å². The van der Waals surface area contributed by atoms with Gasteiger partial charge in [0, 0.05) is 5.02 Å². The molecule has 0 radical (unpaired) electrons. The number of halogens is 1. The van der Waals surface area contributed by atoms with Gasteiger partial charge in [-0.1, -0.05) is 49.7 Å². The summed E-state index contributed by atoms with van der Waals surface area (Å²) in [6, 6.07) is 13.4. The minimum absolute atomic E-state index is 0.237. The topological polar surface area (TPSA) is 66.5 Å². The van der Waals surface area contributed by atoms with Gasteiger partial charge in [0.1, 0.15) is 6.04 Å². The lowest BCUT2D eigenvalue weighted by atomic mass is 10.0. The van der Waals surface area contributed by atoms with Gasteiger partial charge in [0.25, 0.3) is 0 Å². The number of carbonyl (C=O) groups is 1. The number of rotatable bonds is 8. The molecule has 0 bridgehead atoms. The lowest BCUT2D eigenvalue weighted by molar-refractivity contribution is -0.122. The summed E-state index contributed by atoms with van der Waals surface area (Å²) in [5, 5.41) is 3.45. The fraction of sp³-hybridized carbons (Fsp3) is 0.381. The molecule has 2 atom stereocenters. The summed E-state index contributed by atoms with van der Waals surface area (Å²) < 4.78 is 26.1. The zero-order chi connectivity index (χ0) is 20.9. The maximum atomic E-state index is 13.0. The standard InChI is InChI=1S/C21H27ClN2O3S/c1-5-16-7-9-17(10-8-16)15(3)23-21(25)20(6-2)24(28(4,26)27)19-13-11-18(22)12-14-19/h7-15,20H,5-6H2,1-4H3,(H,23,25). The number of benzene rings is 2. The van der Waals surface area contributed by atoms with E-state index in [-0.39, 0.29) is 11.9 Å². The van der Waals surface area contributed by atoms with Crippen molar-refractivity contribution in [2.24, 2.45) is 0 Å². The van der Waals surface area contributed by atoms with Crippen LogP contribution in [0.25, 0.3) is 0 Å². The molecule has 1 amide bonds. The molecule has 0 aromatic heterocycles. The van der Waals surface area contributed by atoms with Crippen molar-refractivity contribution in [3.05, 3.63) is 64.7 Å². The van der Waals surface area contributed by atoms with Crippen molar-refractivity contribution in [1.29, 1.82) is 0 Å². The highest BCUT2D eigenvalue weighted by Crippen LogP contribution is 2.25. The molecule has 0 aliphatic heterocycles. The third kappa shape index (κ3) is 5.49. The Bertz CT molecular complexity index is 896. The number of anilines is 1. The lowest BCUT2D eigenvalue weighted by Crippen LogP contribution is -2.49. The van der Waals surface area contributed by atoms with Crippen LogP contribution in [0.15, 0.2) is 48.5 Å². The largest absolute Gasteiger partial charge is 0.348 e. The summed E-state index contributed by atoms with van der Waals surface area (Å²) in [6.45, 7) is 5.76. The number of nitrogens with one attached hydrogen (secondary N) is 1. The smallest absolute Gasteiger partial charge is 0.244 e. The van der Waals surface area contributed by atoms with Gasteiger partial charge in [-0.25, -0.2) is 8.42 Å². The molecule has 0 saturated carbocycles. The van der Waals surface area contributed by atoms with Crippen molar-refractivity contribution in [3.63, 3.8) is 0 Å². The van der Waals surface area contributed by atoms with E-state index in [9.17, 15) is 13.2 Å². The van der Waals surface area contributed by atoms with Crippen LogP contribution in [0.5, 0.6) is 0 Å². The number of nitrogens with zero attached hydrogens (tertiary/aromatic N) is 1. The van der Waals surface area contributed by atoms with Crippen molar-refractivity contribution in [2.45, 2.75) is 45.7 Å². The van der Waals surface area contributed by atoms with Crippen LogP contribution in [-0.2, 0) is 21.2 Å². The van der Waals surface area contributed by atoms with Crippen molar-refractivity contribution < 1.29 is 13.2 Å². The van der Waals surface area contributed by atoms with Crippen LogP contribution >= 0.6 is 11.6 Å². The van der Waals surface area contributed by atoms with E-state index < -0.39 is 16.1 Å². The second-order valence-electron chi connectivity index (χ2n) is 6.78. The Morgan fingerprint density at radius 2 is 1.64 bits per heavy atom. The molecular formula is C21H27ClN2O3S. The number of hydrogen-bond donors (Lipinski definition) is 1. The SMILES string of the molecule is CCc1ccc(C(C)NC(=O)C(CC)N(c2ccc(Cl)cc2)S(C)(=O)=O)cc1. The van der Waals surface area contributed by atoms with Gasteiger partial charge in [-0.05, 0) is 55.2 Å². The maximum Gasteiger partial charge on any atom is 0.244 e. The van der Waals surface area contributed by atoms with Crippen LogP contribution < -0.4 is 9.62 Å². The highest BCUT2D eigenvalue weighted by molar-refractivity contribution is 7.92. The van der Waals surface area contributed by atoms with E-state index in [1.165, 1.54) is 5.56 Å². The van der Waals surface area contributed by atoms with E-state index in [4.69, 9.17) is 11.6 Å². The van der Waals surface area contributed by atoms with E-state index in [1.54, 1.807) is 31.2 Å². The number of aryl methyl sites for hydroxylation is 1. The average molecular weight is 423 g/mol. The summed E-state index contributed by atoms with van der Waals surface area (Å²) in [4.78, 5) is 13.0. The molecule has 5 nitrogen and oxygen atoms in total. The number of carbonyl (C=O) groups excluding carboxylic acids is 1. The number of sulfonamides is 1. The van der Waals surface area contributed by atoms with Crippen LogP contribution in [-0.4, -0.2) is 26.6 Å². The van der Waals surface area contributed by atoms with Gasteiger partial charge in [-0.3, -0.25) is 9.10 Å². The molecule has 0 fully saturated rings. The zero-order valence-electron chi connectivity index (χ0n) is 16.6. The van der Waals surface area contributed by atoms with Gasteiger partial charge in [0.05, 0.1) is 18.0 Å². The van der Waals surface area contributed by atoms with Crippen molar-refractivity contribution in [1.82, 2.24) is 5.32 Å². The van der Waals surface area contributed by atoms with Crippen LogP contribution in [0.3, 0.4) is 0 Å².